The maximum absolute atomic E-state index is 5.44. The fourth-order valence-corrected chi connectivity index (χ4v) is 5.82. The highest BCUT2D eigenvalue weighted by Gasteiger charge is 2.16. The number of nitrogens with zero attached hydrogens (tertiary/aromatic N) is 4. The Hall–Kier alpha value is -5.05. The lowest BCUT2D eigenvalue weighted by Gasteiger charge is -2.15. The zero-order chi connectivity index (χ0) is 34.2. The Balaban J connectivity index is 0.000000188. The second-order valence-corrected chi connectivity index (χ2v) is 12.4. The lowest BCUT2D eigenvalue weighted by molar-refractivity contribution is 0.415. The average Bonchev–Trinajstić information content (AvgIpc) is 3.69. The van der Waals surface area contributed by atoms with Crippen molar-refractivity contribution in [3.63, 3.8) is 0 Å². The van der Waals surface area contributed by atoms with Gasteiger partial charge in [-0.2, -0.15) is 0 Å². The van der Waals surface area contributed by atoms with Gasteiger partial charge in [0.25, 0.3) is 0 Å². The second kappa shape index (κ2) is 15.7. The first-order valence-corrected chi connectivity index (χ1v) is 16.8. The zero-order valence-electron chi connectivity index (χ0n) is 27.3. The van der Waals surface area contributed by atoms with Gasteiger partial charge in [0, 0.05) is 44.8 Å². The standard InChI is InChI=1S/C17H18N4O2S.C17H18N4OS2/c1-21(2)13-8-5-9-14-15(13)16(20-23-14)19-17(24)18-11-6-4-7-12(10-11)22-3;1-21(2)12-8-6-9-13-15(12)16(20-22-13)19-17(23)18-11-7-4-5-10-14(11)24-3/h4-10H,1-3H3,(H2,18,19,20,24);4-10H,1-3H3,(H2,18,19,20,23). The molecule has 14 heteroatoms. The third-order valence-electron chi connectivity index (χ3n) is 7.06. The minimum atomic E-state index is 0.423. The highest BCUT2D eigenvalue weighted by Crippen LogP contribution is 2.33. The van der Waals surface area contributed by atoms with Crippen molar-refractivity contribution in [3.05, 3.63) is 84.9 Å². The van der Waals surface area contributed by atoms with Crippen LogP contribution in [0, 0.1) is 0 Å². The summed E-state index contributed by atoms with van der Waals surface area (Å²) in [4.78, 5) is 5.15. The molecule has 0 aliphatic rings. The number of benzene rings is 4. The number of anilines is 6. The highest BCUT2D eigenvalue weighted by molar-refractivity contribution is 7.98. The molecule has 0 spiro atoms. The Kier molecular flexibility index (Phi) is 11.2. The summed E-state index contributed by atoms with van der Waals surface area (Å²) in [6, 6.07) is 27.2. The van der Waals surface area contributed by atoms with Crippen molar-refractivity contribution in [3.8, 4) is 5.75 Å². The summed E-state index contributed by atoms with van der Waals surface area (Å²) in [6.07, 6.45) is 2.03. The summed E-state index contributed by atoms with van der Waals surface area (Å²) in [7, 11) is 9.53. The van der Waals surface area contributed by atoms with Crippen LogP contribution in [0.2, 0.25) is 0 Å². The van der Waals surface area contributed by atoms with E-state index in [4.69, 9.17) is 38.2 Å². The first-order chi connectivity index (χ1) is 23.2. The van der Waals surface area contributed by atoms with Crippen LogP contribution in [0.5, 0.6) is 5.75 Å². The van der Waals surface area contributed by atoms with Crippen LogP contribution in [-0.4, -0.2) is 62.1 Å². The van der Waals surface area contributed by atoms with Crippen LogP contribution in [0.15, 0.2) is 98.9 Å². The van der Waals surface area contributed by atoms with Gasteiger partial charge >= 0.3 is 0 Å². The third kappa shape index (κ3) is 8.08. The largest absolute Gasteiger partial charge is 0.497 e. The van der Waals surface area contributed by atoms with E-state index in [0.717, 1.165) is 49.8 Å². The minimum absolute atomic E-state index is 0.423. The number of para-hydroxylation sites is 1. The summed E-state index contributed by atoms with van der Waals surface area (Å²) in [5, 5.41) is 23.5. The predicted molar refractivity (Wildman–Crippen MR) is 208 cm³/mol. The number of thiocarbonyl (C=S) groups is 2. The summed E-state index contributed by atoms with van der Waals surface area (Å²) in [5.74, 6) is 1.94. The van der Waals surface area contributed by atoms with E-state index in [2.05, 4.69) is 31.6 Å². The Morgan fingerprint density at radius 3 is 1.77 bits per heavy atom. The van der Waals surface area contributed by atoms with E-state index >= 15 is 0 Å². The van der Waals surface area contributed by atoms with E-state index in [-0.39, 0.29) is 0 Å². The summed E-state index contributed by atoms with van der Waals surface area (Å²) < 4.78 is 16.0. The summed E-state index contributed by atoms with van der Waals surface area (Å²) in [5.41, 5.74) is 5.23. The highest BCUT2D eigenvalue weighted by atomic mass is 32.2. The van der Waals surface area contributed by atoms with E-state index in [0.29, 0.717) is 27.4 Å². The molecule has 0 aliphatic heterocycles. The SMILES string of the molecule is COc1cccc(NC(=S)Nc2noc3cccc(N(C)C)c23)c1.CSc1ccccc1NC(=S)Nc1noc2cccc(N(C)C)c12. The molecule has 0 aliphatic carbocycles. The quantitative estimate of drug-likeness (QED) is 0.0904. The van der Waals surface area contributed by atoms with Crippen LogP contribution < -0.4 is 35.8 Å². The molecule has 4 aromatic carbocycles. The molecule has 4 N–H and O–H groups in total. The van der Waals surface area contributed by atoms with E-state index < -0.39 is 0 Å². The van der Waals surface area contributed by atoms with Crippen molar-refractivity contribution in [2.45, 2.75) is 4.90 Å². The smallest absolute Gasteiger partial charge is 0.185 e. The van der Waals surface area contributed by atoms with Crippen molar-refractivity contribution < 1.29 is 13.8 Å². The Morgan fingerprint density at radius 1 is 0.688 bits per heavy atom. The molecular weight excluding hydrogens is 665 g/mol. The first-order valence-electron chi connectivity index (χ1n) is 14.7. The number of hydrogen-bond donors (Lipinski definition) is 4. The summed E-state index contributed by atoms with van der Waals surface area (Å²) >= 11 is 12.5. The van der Waals surface area contributed by atoms with Crippen molar-refractivity contribution >= 4 is 103 Å². The number of aromatic nitrogens is 2. The monoisotopic (exact) mass is 700 g/mol. The molecule has 0 bridgehead atoms. The first kappa shape index (κ1) is 34.3. The van der Waals surface area contributed by atoms with E-state index in [9.17, 15) is 0 Å². The fourth-order valence-electron chi connectivity index (χ4n) is 4.84. The number of thioether (sulfide) groups is 1. The Morgan fingerprint density at radius 2 is 1.23 bits per heavy atom. The van der Waals surface area contributed by atoms with Gasteiger partial charge in [0.05, 0.1) is 34.9 Å². The molecular formula is C34H36N8O3S3. The maximum atomic E-state index is 5.44. The van der Waals surface area contributed by atoms with Crippen molar-refractivity contribution in [2.24, 2.45) is 0 Å². The molecule has 2 aromatic heterocycles. The predicted octanol–water partition coefficient (Wildman–Crippen LogP) is 8.14. The Labute approximate surface area is 293 Å². The van der Waals surface area contributed by atoms with Crippen LogP contribution in [-0.2, 0) is 0 Å². The lowest BCUT2D eigenvalue weighted by Crippen LogP contribution is -2.20. The molecule has 11 nitrogen and oxygen atoms in total. The van der Waals surface area contributed by atoms with Crippen molar-refractivity contribution in [1.82, 2.24) is 10.3 Å². The van der Waals surface area contributed by atoms with Gasteiger partial charge in [-0.15, -0.1) is 11.8 Å². The number of hydrogen-bond acceptors (Lipinski definition) is 10. The third-order valence-corrected chi connectivity index (χ3v) is 8.27. The molecule has 0 saturated carbocycles. The van der Waals surface area contributed by atoms with Gasteiger partial charge in [0.1, 0.15) is 5.75 Å². The molecule has 6 rings (SSSR count). The zero-order valence-corrected chi connectivity index (χ0v) is 29.8. The van der Waals surface area contributed by atoms with E-state index in [1.165, 1.54) is 0 Å². The van der Waals surface area contributed by atoms with Crippen molar-refractivity contribution in [2.75, 3.05) is 72.6 Å². The molecule has 0 unspecified atom stereocenters. The topological polar surface area (TPSA) is 116 Å². The number of rotatable bonds is 8. The van der Waals surface area contributed by atoms with Gasteiger partial charge in [-0.05, 0) is 79.2 Å². The van der Waals surface area contributed by atoms with Crippen LogP contribution in [0.4, 0.5) is 34.4 Å². The average molecular weight is 701 g/mol. The molecule has 48 heavy (non-hydrogen) atoms. The van der Waals surface area contributed by atoms with Crippen LogP contribution in [0.25, 0.3) is 21.9 Å². The fraction of sp³-hybridized carbons (Fsp3) is 0.176. The van der Waals surface area contributed by atoms with Crippen LogP contribution in [0.3, 0.4) is 0 Å². The molecule has 2 heterocycles. The van der Waals surface area contributed by atoms with Gasteiger partial charge in [-0.1, -0.05) is 40.6 Å². The normalized spacial score (nSPS) is 10.5. The molecule has 0 fully saturated rings. The molecule has 0 amide bonds. The number of fused-ring (bicyclic) bond motifs is 2. The number of nitrogens with one attached hydrogen (secondary N) is 4. The Bertz CT molecular complexity index is 2040. The molecule has 0 radical (unpaired) electrons. The molecule has 248 valence electrons. The molecule has 0 saturated heterocycles. The number of methoxy groups -OCH3 is 1. The maximum Gasteiger partial charge on any atom is 0.185 e. The van der Waals surface area contributed by atoms with Gasteiger partial charge in [-0.25, -0.2) is 0 Å². The number of ether oxygens (including phenoxy) is 1. The van der Waals surface area contributed by atoms with Crippen LogP contribution in [0.1, 0.15) is 0 Å². The van der Waals surface area contributed by atoms with Crippen LogP contribution >= 0.6 is 36.2 Å². The molecule has 0 atom stereocenters. The van der Waals surface area contributed by atoms with Gasteiger partial charge < -0.3 is 44.9 Å². The van der Waals surface area contributed by atoms with E-state index in [1.807, 2.05) is 129 Å². The second-order valence-electron chi connectivity index (χ2n) is 10.7. The van der Waals surface area contributed by atoms with Gasteiger partial charge in [-0.3, -0.25) is 0 Å². The lowest BCUT2D eigenvalue weighted by atomic mass is 10.2. The van der Waals surface area contributed by atoms with Gasteiger partial charge in [0.2, 0.25) is 0 Å². The van der Waals surface area contributed by atoms with Gasteiger partial charge in [0.15, 0.2) is 33.0 Å². The molecule has 6 aromatic rings. The van der Waals surface area contributed by atoms with E-state index in [1.54, 1.807) is 18.9 Å². The summed E-state index contributed by atoms with van der Waals surface area (Å²) in [6.45, 7) is 0. The minimum Gasteiger partial charge on any atom is -0.497 e. The van der Waals surface area contributed by atoms with Crippen molar-refractivity contribution in [1.29, 1.82) is 0 Å².